The Balaban J connectivity index is 1.19. The summed E-state index contributed by atoms with van der Waals surface area (Å²) < 4.78 is 5.21. The maximum Gasteiger partial charge on any atom is 0.0640 e. The summed E-state index contributed by atoms with van der Waals surface area (Å²) in [5, 5.41) is 7.74. The summed E-state index contributed by atoms with van der Waals surface area (Å²) in [6.07, 6.45) is 0. The smallest absolute Gasteiger partial charge is 0.0640 e. The third kappa shape index (κ3) is 4.66. The molecule has 0 aliphatic rings. The molecule has 0 radical (unpaired) electrons. The third-order valence-corrected chi connectivity index (χ3v) is 12.1. The summed E-state index contributed by atoms with van der Waals surface area (Å²) in [5.41, 5.74) is 8.41. The van der Waals surface area contributed by atoms with Crippen LogP contribution in [0.2, 0.25) is 0 Å². The van der Waals surface area contributed by atoms with Crippen LogP contribution in [0.15, 0.2) is 176 Å². The van der Waals surface area contributed by atoms with Gasteiger partial charge >= 0.3 is 0 Å². The lowest BCUT2D eigenvalue weighted by Gasteiger charge is -2.27. The maximum atomic E-state index is 2.49. The zero-order valence-corrected chi connectivity index (χ0v) is 28.1. The predicted molar refractivity (Wildman–Crippen MR) is 215 cm³/mol. The van der Waals surface area contributed by atoms with Crippen molar-refractivity contribution in [2.75, 3.05) is 4.90 Å². The Kier molecular flexibility index (Phi) is 6.61. The van der Waals surface area contributed by atoms with Gasteiger partial charge in [0.25, 0.3) is 0 Å². The average molecular weight is 660 g/mol. The van der Waals surface area contributed by atoms with Gasteiger partial charge in [0.1, 0.15) is 0 Å². The van der Waals surface area contributed by atoms with Gasteiger partial charge in [0.15, 0.2) is 0 Å². The van der Waals surface area contributed by atoms with Crippen molar-refractivity contribution in [3.8, 4) is 22.3 Å². The summed E-state index contributed by atoms with van der Waals surface area (Å²) in [6.45, 7) is 0. The normalized spacial score (nSPS) is 11.7. The van der Waals surface area contributed by atoms with E-state index in [0.717, 1.165) is 5.69 Å². The van der Waals surface area contributed by atoms with Gasteiger partial charge in [-0.2, -0.15) is 0 Å². The lowest BCUT2D eigenvalue weighted by atomic mass is 9.95. The molecule has 0 atom stereocenters. The zero-order chi connectivity index (χ0) is 32.3. The highest BCUT2D eigenvalue weighted by Crippen LogP contribution is 2.49. The first-order valence-corrected chi connectivity index (χ1v) is 18.2. The average Bonchev–Trinajstić information content (AvgIpc) is 3.75. The molecule has 0 saturated heterocycles. The molecule has 0 aliphatic heterocycles. The number of benzene rings is 8. The molecule has 2 heterocycles. The predicted octanol–water partition coefficient (Wildman–Crippen LogP) is 14.4. The monoisotopic (exact) mass is 659 g/mol. The van der Waals surface area contributed by atoms with E-state index in [1.54, 1.807) is 0 Å². The van der Waals surface area contributed by atoms with Gasteiger partial charge in [-0.05, 0) is 75.5 Å². The standard InChI is InChI=1S/C46H29NS2/c1-2-18-35-30(12-1)13-9-21-36(35)33-16-7-14-31(28-33)32-15-8-17-34(29-32)47(41-24-10-22-39-37-19-3-5-26-43(37)48-45(39)41)42-25-11-23-40-38-20-4-6-27-44(38)49-46(40)42/h1-29H. The Morgan fingerprint density at radius 3 is 1.53 bits per heavy atom. The van der Waals surface area contributed by atoms with Crippen molar-refractivity contribution in [3.63, 3.8) is 0 Å². The lowest BCUT2D eigenvalue weighted by molar-refractivity contribution is 1.32. The van der Waals surface area contributed by atoms with Crippen LogP contribution < -0.4 is 4.90 Å². The van der Waals surface area contributed by atoms with Crippen molar-refractivity contribution in [1.29, 1.82) is 0 Å². The lowest BCUT2D eigenvalue weighted by Crippen LogP contribution is -2.10. The second-order valence-electron chi connectivity index (χ2n) is 12.5. The van der Waals surface area contributed by atoms with E-state index in [1.807, 2.05) is 22.7 Å². The molecule has 0 saturated carbocycles. The van der Waals surface area contributed by atoms with Gasteiger partial charge in [-0.3, -0.25) is 0 Å². The fraction of sp³-hybridized carbons (Fsp3) is 0. The largest absolute Gasteiger partial charge is 0.308 e. The van der Waals surface area contributed by atoms with Crippen LogP contribution in [0.25, 0.3) is 73.4 Å². The Morgan fingerprint density at radius 1 is 0.347 bits per heavy atom. The number of thiophene rings is 2. The first kappa shape index (κ1) is 28.3. The first-order valence-electron chi connectivity index (χ1n) is 16.6. The molecular formula is C46H29NS2. The minimum Gasteiger partial charge on any atom is -0.308 e. The number of rotatable bonds is 5. The van der Waals surface area contributed by atoms with Crippen LogP contribution in [0.3, 0.4) is 0 Å². The molecule has 0 fully saturated rings. The van der Waals surface area contributed by atoms with Gasteiger partial charge in [0, 0.05) is 36.6 Å². The van der Waals surface area contributed by atoms with E-state index in [4.69, 9.17) is 0 Å². The topological polar surface area (TPSA) is 3.24 Å². The molecule has 10 rings (SSSR count). The van der Waals surface area contributed by atoms with Crippen molar-refractivity contribution >= 4 is 90.9 Å². The van der Waals surface area contributed by atoms with Gasteiger partial charge in [-0.15, -0.1) is 22.7 Å². The fourth-order valence-corrected chi connectivity index (χ4v) is 9.81. The van der Waals surface area contributed by atoms with Crippen molar-refractivity contribution < 1.29 is 0 Å². The van der Waals surface area contributed by atoms with Crippen molar-refractivity contribution in [2.24, 2.45) is 0 Å². The second kappa shape index (κ2) is 11.5. The molecule has 0 N–H and O–H groups in total. The van der Waals surface area contributed by atoms with Gasteiger partial charge in [-0.1, -0.05) is 133 Å². The van der Waals surface area contributed by atoms with Crippen molar-refractivity contribution in [2.45, 2.75) is 0 Å². The van der Waals surface area contributed by atoms with Crippen LogP contribution in [0.1, 0.15) is 0 Å². The fourth-order valence-electron chi connectivity index (χ4n) is 7.39. The number of nitrogens with zero attached hydrogens (tertiary/aromatic N) is 1. The van der Waals surface area contributed by atoms with E-state index in [0.29, 0.717) is 0 Å². The molecule has 49 heavy (non-hydrogen) atoms. The Bertz CT molecular complexity index is 2740. The van der Waals surface area contributed by atoms with Crippen LogP contribution in [-0.4, -0.2) is 0 Å². The molecule has 2 aromatic heterocycles. The molecule has 0 amide bonds. The summed E-state index contributed by atoms with van der Waals surface area (Å²) >= 11 is 3.76. The van der Waals surface area contributed by atoms with E-state index in [9.17, 15) is 0 Å². The summed E-state index contributed by atoms with van der Waals surface area (Å²) in [6, 6.07) is 64.4. The quantitative estimate of drug-likeness (QED) is 0.178. The van der Waals surface area contributed by atoms with E-state index in [-0.39, 0.29) is 0 Å². The van der Waals surface area contributed by atoms with E-state index in [1.165, 1.54) is 84.7 Å². The summed E-state index contributed by atoms with van der Waals surface area (Å²) in [5.74, 6) is 0. The summed E-state index contributed by atoms with van der Waals surface area (Å²) in [4.78, 5) is 2.49. The molecule has 0 bridgehead atoms. The van der Waals surface area contributed by atoms with Crippen LogP contribution in [-0.2, 0) is 0 Å². The van der Waals surface area contributed by atoms with Crippen LogP contribution >= 0.6 is 22.7 Å². The highest BCUT2D eigenvalue weighted by atomic mass is 32.1. The number of fused-ring (bicyclic) bond motifs is 7. The first-order chi connectivity index (χ1) is 24.3. The van der Waals surface area contributed by atoms with Crippen LogP contribution in [0.5, 0.6) is 0 Å². The molecule has 1 nitrogen and oxygen atoms in total. The Hall–Kier alpha value is -5.74. The van der Waals surface area contributed by atoms with Gasteiger partial charge in [-0.25, -0.2) is 0 Å². The van der Waals surface area contributed by atoms with Gasteiger partial charge < -0.3 is 4.90 Å². The minimum atomic E-state index is 1.14. The highest BCUT2D eigenvalue weighted by Gasteiger charge is 2.21. The van der Waals surface area contributed by atoms with Crippen LogP contribution in [0, 0.1) is 0 Å². The highest BCUT2D eigenvalue weighted by molar-refractivity contribution is 7.27. The number of hydrogen-bond donors (Lipinski definition) is 0. The number of hydrogen-bond acceptors (Lipinski definition) is 3. The molecule has 3 heteroatoms. The van der Waals surface area contributed by atoms with Crippen molar-refractivity contribution in [3.05, 3.63) is 176 Å². The van der Waals surface area contributed by atoms with E-state index >= 15 is 0 Å². The molecule has 8 aromatic carbocycles. The van der Waals surface area contributed by atoms with Gasteiger partial charge in [0.2, 0.25) is 0 Å². The van der Waals surface area contributed by atoms with Crippen LogP contribution in [0.4, 0.5) is 17.1 Å². The maximum absolute atomic E-state index is 2.49. The Morgan fingerprint density at radius 2 is 0.837 bits per heavy atom. The van der Waals surface area contributed by atoms with Gasteiger partial charge in [0.05, 0.1) is 20.8 Å². The zero-order valence-electron chi connectivity index (χ0n) is 26.5. The molecule has 230 valence electrons. The minimum absolute atomic E-state index is 1.14. The second-order valence-corrected chi connectivity index (χ2v) is 14.6. The van der Waals surface area contributed by atoms with E-state index in [2.05, 4.69) is 181 Å². The molecule has 10 aromatic rings. The third-order valence-electron chi connectivity index (χ3n) is 9.65. The Labute approximate surface area is 292 Å². The van der Waals surface area contributed by atoms with Crippen molar-refractivity contribution in [1.82, 2.24) is 0 Å². The molecule has 0 aliphatic carbocycles. The molecular weight excluding hydrogens is 631 g/mol. The number of anilines is 3. The SMILES string of the molecule is c1cc(-c2cccc(N(c3cccc4c3sc3ccccc34)c3cccc4c3sc3ccccc34)c2)cc(-c2cccc3ccccc23)c1. The van der Waals surface area contributed by atoms with E-state index < -0.39 is 0 Å². The molecule has 0 spiro atoms. The molecule has 0 unspecified atom stereocenters. The summed E-state index contributed by atoms with van der Waals surface area (Å²) in [7, 11) is 0.